The number of aromatic nitrogens is 2. The van der Waals surface area contributed by atoms with Crippen LogP contribution in [0.25, 0.3) is 0 Å². The molecule has 0 aliphatic heterocycles. The molecule has 5 heteroatoms. The van der Waals surface area contributed by atoms with Gasteiger partial charge >= 0.3 is 0 Å². The molecule has 1 fully saturated rings. The molecule has 0 spiro atoms. The SMILES string of the molecule is O=C(Cn1cnc(CO)c1)NC1CCCCCC1. The summed E-state index contributed by atoms with van der Waals surface area (Å²) in [6.07, 6.45) is 10.5. The molecule has 1 saturated carbocycles. The van der Waals surface area contributed by atoms with Gasteiger partial charge in [-0.25, -0.2) is 4.98 Å². The summed E-state index contributed by atoms with van der Waals surface area (Å²) in [7, 11) is 0. The summed E-state index contributed by atoms with van der Waals surface area (Å²) in [5, 5.41) is 12.0. The minimum atomic E-state index is -0.0861. The zero-order chi connectivity index (χ0) is 12.8. The minimum Gasteiger partial charge on any atom is -0.390 e. The molecule has 0 aromatic carbocycles. The van der Waals surface area contributed by atoms with Crippen molar-refractivity contribution >= 4 is 5.91 Å². The predicted octanol–water partition coefficient (Wildman–Crippen LogP) is 1.21. The Bertz CT molecular complexity index is 381. The molecule has 0 atom stereocenters. The zero-order valence-corrected chi connectivity index (χ0v) is 10.6. The van der Waals surface area contributed by atoms with Gasteiger partial charge in [-0.1, -0.05) is 25.7 Å². The molecule has 100 valence electrons. The lowest BCUT2D eigenvalue weighted by atomic mass is 10.1. The molecule has 1 aromatic rings. The number of amides is 1. The summed E-state index contributed by atoms with van der Waals surface area (Å²) in [5.74, 6) is 0.0313. The highest BCUT2D eigenvalue weighted by Gasteiger charge is 2.14. The molecule has 1 aliphatic rings. The monoisotopic (exact) mass is 251 g/mol. The van der Waals surface area contributed by atoms with Gasteiger partial charge in [-0.2, -0.15) is 0 Å². The molecule has 1 aliphatic carbocycles. The van der Waals surface area contributed by atoms with E-state index in [0.29, 0.717) is 11.7 Å². The maximum absolute atomic E-state index is 11.9. The third kappa shape index (κ3) is 3.84. The number of nitrogens with zero attached hydrogens (tertiary/aromatic N) is 2. The third-order valence-electron chi connectivity index (χ3n) is 3.40. The largest absolute Gasteiger partial charge is 0.390 e. The smallest absolute Gasteiger partial charge is 0.240 e. The van der Waals surface area contributed by atoms with E-state index in [1.54, 1.807) is 17.1 Å². The number of aliphatic hydroxyl groups excluding tert-OH is 1. The van der Waals surface area contributed by atoms with Gasteiger partial charge in [-0.05, 0) is 12.8 Å². The van der Waals surface area contributed by atoms with Crippen LogP contribution in [0, 0.1) is 0 Å². The van der Waals surface area contributed by atoms with Crippen LogP contribution in [-0.2, 0) is 17.9 Å². The molecule has 1 amide bonds. The van der Waals surface area contributed by atoms with E-state index >= 15 is 0 Å². The highest BCUT2D eigenvalue weighted by atomic mass is 16.3. The Labute approximate surface area is 107 Å². The summed E-state index contributed by atoms with van der Waals surface area (Å²) in [6.45, 7) is 0.195. The predicted molar refractivity (Wildman–Crippen MR) is 67.8 cm³/mol. The lowest BCUT2D eigenvalue weighted by Crippen LogP contribution is -2.36. The molecule has 0 bridgehead atoms. The van der Waals surface area contributed by atoms with Gasteiger partial charge in [0.15, 0.2) is 0 Å². The van der Waals surface area contributed by atoms with Crippen LogP contribution in [0.3, 0.4) is 0 Å². The van der Waals surface area contributed by atoms with Crippen molar-refractivity contribution in [3.05, 3.63) is 18.2 Å². The van der Waals surface area contributed by atoms with Crippen molar-refractivity contribution < 1.29 is 9.90 Å². The third-order valence-corrected chi connectivity index (χ3v) is 3.40. The first-order chi connectivity index (χ1) is 8.78. The molecule has 2 rings (SSSR count). The highest BCUT2D eigenvalue weighted by Crippen LogP contribution is 2.17. The van der Waals surface area contributed by atoms with E-state index in [0.717, 1.165) is 12.8 Å². The van der Waals surface area contributed by atoms with Gasteiger partial charge in [-0.15, -0.1) is 0 Å². The second kappa shape index (κ2) is 6.54. The maximum Gasteiger partial charge on any atom is 0.240 e. The van der Waals surface area contributed by atoms with Crippen molar-refractivity contribution in [3.63, 3.8) is 0 Å². The first-order valence-corrected chi connectivity index (χ1v) is 6.69. The summed E-state index contributed by atoms with van der Waals surface area (Å²) < 4.78 is 1.71. The van der Waals surface area contributed by atoms with Crippen LogP contribution in [0.5, 0.6) is 0 Å². The van der Waals surface area contributed by atoms with Gasteiger partial charge in [0.1, 0.15) is 6.54 Å². The summed E-state index contributed by atoms with van der Waals surface area (Å²) in [4.78, 5) is 15.9. The van der Waals surface area contributed by atoms with E-state index in [1.807, 2.05) is 0 Å². The van der Waals surface area contributed by atoms with Crippen LogP contribution in [-0.4, -0.2) is 26.6 Å². The van der Waals surface area contributed by atoms with Gasteiger partial charge in [0.25, 0.3) is 0 Å². The normalized spacial score (nSPS) is 17.4. The van der Waals surface area contributed by atoms with Crippen molar-refractivity contribution in [1.29, 1.82) is 0 Å². The van der Waals surface area contributed by atoms with Crippen LogP contribution in [0.1, 0.15) is 44.2 Å². The Morgan fingerprint density at radius 1 is 1.39 bits per heavy atom. The molecular formula is C13H21N3O2. The fourth-order valence-electron chi connectivity index (χ4n) is 2.44. The molecule has 2 N–H and O–H groups in total. The van der Waals surface area contributed by atoms with Crippen molar-refractivity contribution in [2.75, 3.05) is 0 Å². The van der Waals surface area contributed by atoms with Crippen LogP contribution in [0.15, 0.2) is 12.5 Å². The Kier molecular flexibility index (Phi) is 4.75. The zero-order valence-electron chi connectivity index (χ0n) is 10.6. The topological polar surface area (TPSA) is 67.2 Å². The Morgan fingerprint density at radius 3 is 2.72 bits per heavy atom. The maximum atomic E-state index is 11.9. The van der Waals surface area contributed by atoms with Crippen molar-refractivity contribution in [2.24, 2.45) is 0 Å². The second-order valence-corrected chi connectivity index (χ2v) is 4.95. The molecular weight excluding hydrogens is 230 g/mol. The van der Waals surface area contributed by atoms with Crippen LogP contribution in [0.4, 0.5) is 0 Å². The number of carbonyl (C=O) groups excluding carboxylic acids is 1. The fraction of sp³-hybridized carbons (Fsp3) is 0.692. The molecule has 5 nitrogen and oxygen atoms in total. The first-order valence-electron chi connectivity index (χ1n) is 6.69. The fourth-order valence-corrected chi connectivity index (χ4v) is 2.44. The molecule has 18 heavy (non-hydrogen) atoms. The number of imidazole rings is 1. The molecule has 0 unspecified atom stereocenters. The Hall–Kier alpha value is -1.36. The van der Waals surface area contributed by atoms with Gasteiger partial charge in [0.05, 0.1) is 18.6 Å². The van der Waals surface area contributed by atoms with Crippen LogP contribution in [0.2, 0.25) is 0 Å². The van der Waals surface area contributed by atoms with E-state index in [4.69, 9.17) is 5.11 Å². The lowest BCUT2D eigenvalue weighted by Gasteiger charge is -2.16. The summed E-state index contributed by atoms with van der Waals surface area (Å²) in [6, 6.07) is 0.334. The number of hydrogen-bond acceptors (Lipinski definition) is 3. The van der Waals surface area contributed by atoms with E-state index in [2.05, 4.69) is 10.3 Å². The van der Waals surface area contributed by atoms with Gasteiger partial charge < -0.3 is 15.0 Å². The van der Waals surface area contributed by atoms with E-state index in [1.165, 1.54) is 25.7 Å². The number of nitrogens with one attached hydrogen (secondary N) is 1. The van der Waals surface area contributed by atoms with Gasteiger partial charge in [0.2, 0.25) is 5.91 Å². The molecule has 1 aromatic heterocycles. The average Bonchev–Trinajstić information content (AvgIpc) is 2.65. The Balaban J connectivity index is 1.80. The number of hydrogen-bond donors (Lipinski definition) is 2. The Morgan fingerprint density at radius 2 is 2.11 bits per heavy atom. The van der Waals surface area contributed by atoms with Crippen LogP contribution < -0.4 is 5.32 Å². The quantitative estimate of drug-likeness (QED) is 0.791. The minimum absolute atomic E-state index is 0.0313. The molecule has 0 radical (unpaired) electrons. The van der Waals surface area contributed by atoms with E-state index < -0.39 is 0 Å². The van der Waals surface area contributed by atoms with Crippen molar-refractivity contribution in [1.82, 2.24) is 14.9 Å². The standard InChI is InChI=1S/C13H21N3O2/c17-9-12-7-16(10-14-12)8-13(18)15-11-5-3-1-2-4-6-11/h7,10-11,17H,1-6,8-9H2,(H,15,18). The number of aliphatic hydroxyl groups is 1. The van der Waals surface area contributed by atoms with Gasteiger partial charge in [-0.3, -0.25) is 4.79 Å². The van der Waals surface area contributed by atoms with Crippen molar-refractivity contribution in [3.8, 4) is 0 Å². The summed E-state index contributed by atoms with van der Waals surface area (Å²) in [5.41, 5.74) is 0.595. The second-order valence-electron chi connectivity index (χ2n) is 4.95. The van der Waals surface area contributed by atoms with Crippen molar-refractivity contribution in [2.45, 2.75) is 57.7 Å². The number of rotatable bonds is 4. The first kappa shape index (κ1) is 13.1. The average molecular weight is 251 g/mol. The highest BCUT2D eigenvalue weighted by molar-refractivity contribution is 5.76. The van der Waals surface area contributed by atoms with Crippen LogP contribution >= 0.6 is 0 Å². The van der Waals surface area contributed by atoms with Gasteiger partial charge in [0, 0.05) is 12.2 Å². The lowest BCUT2D eigenvalue weighted by molar-refractivity contribution is -0.122. The van der Waals surface area contributed by atoms with E-state index in [-0.39, 0.29) is 19.1 Å². The number of carbonyl (C=O) groups is 1. The molecule has 1 heterocycles. The molecule has 0 saturated heterocycles. The summed E-state index contributed by atoms with van der Waals surface area (Å²) >= 11 is 0. The van der Waals surface area contributed by atoms with E-state index in [9.17, 15) is 4.79 Å².